The van der Waals surface area contributed by atoms with Gasteiger partial charge in [0.2, 0.25) is 0 Å². The van der Waals surface area contributed by atoms with E-state index >= 15 is 0 Å². The van der Waals surface area contributed by atoms with Crippen LogP contribution in [0.4, 0.5) is 5.69 Å². The minimum atomic E-state index is -0.370. The highest BCUT2D eigenvalue weighted by Crippen LogP contribution is 2.28. The smallest absolute Gasteiger partial charge is 0.193 e. The van der Waals surface area contributed by atoms with Crippen molar-refractivity contribution >= 4 is 11.6 Å². The van der Waals surface area contributed by atoms with Gasteiger partial charge in [0.15, 0.2) is 5.96 Å². The third kappa shape index (κ3) is 4.85. The molecule has 2 unspecified atom stereocenters. The lowest BCUT2D eigenvalue weighted by molar-refractivity contribution is 0.175. The van der Waals surface area contributed by atoms with E-state index in [0.717, 1.165) is 18.5 Å². The summed E-state index contributed by atoms with van der Waals surface area (Å²) < 4.78 is 0. The molecule has 1 aliphatic rings. The molecule has 1 aliphatic carbocycles. The predicted octanol–water partition coefficient (Wildman–Crippen LogP) is 3.85. The van der Waals surface area contributed by atoms with Crippen LogP contribution in [0.3, 0.4) is 0 Å². The second-order valence-corrected chi connectivity index (χ2v) is 7.19. The monoisotopic (exact) mass is 351 g/mol. The maximum atomic E-state index is 9.82. The van der Waals surface area contributed by atoms with Gasteiger partial charge in [-0.25, -0.2) is 0 Å². The molecule has 26 heavy (non-hydrogen) atoms. The lowest BCUT2D eigenvalue weighted by Gasteiger charge is -2.20. The molecule has 2 aromatic carbocycles. The Bertz CT molecular complexity index is 740. The Morgan fingerprint density at radius 2 is 1.88 bits per heavy atom. The molecule has 0 aromatic heterocycles. The minimum absolute atomic E-state index is 0.154. The van der Waals surface area contributed by atoms with Crippen LogP contribution in [0.15, 0.2) is 53.5 Å². The quantitative estimate of drug-likeness (QED) is 0.547. The van der Waals surface area contributed by atoms with Gasteiger partial charge in [0.25, 0.3) is 0 Å². The molecule has 0 saturated heterocycles. The van der Waals surface area contributed by atoms with Crippen molar-refractivity contribution in [3.8, 4) is 0 Å². The van der Waals surface area contributed by atoms with Crippen molar-refractivity contribution in [3.05, 3.63) is 65.2 Å². The molecular formula is C22H29N3O. The molecule has 0 spiro atoms. The number of aliphatic imine (C=N–C) groups is 1. The molecule has 3 rings (SSSR count). The molecule has 4 N–H and O–H groups in total. The Balaban J connectivity index is 1.70. The van der Waals surface area contributed by atoms with Crippen molar-refractivity contribution in [2.24, 2.45) is 10.7 Å². The van der Waals surface area contributed by atoms with E-state index in [1.54, 1.807) is 0 Å². The number of aryl methyl sites for hydroxylation is 1. The number of aliphatic hydroxyl groups is 1. The van der Waals surface area contributed by atoms with Crippen molar-refractivity contribution < 1.29 is 5.11 Å². The zero-order chi connectivity index (χ0) is 18.4. The van der Waals surface area contributed by atoms with Crippen LogP contribution in [0.2, 0.25) is 0 Å². The van der Waals surface area contributed by atoms with Crippen molar-refractivity contribution in [1.29, 1.82) is 0 Å². The highest BCUT2D eigenvalue weighted by atomic mass is 16.3. The topological polar surface area (TPSA) is 70.6 Å². The maximum Gasteiger partial charge on any atom is 0.193 e. The summed E-state index contributed by atoms with van der Waals surface area (Å²) in [6, 6.07) is 16.6. The minimum Gasteiger partial charge on any atom is -0.393 e. The molecule has 2 aromatic rings. The largest absolute Gasteiger partial charge is 0.393 e. The highest BCUT2D eigenvalue weighted by Gasteiger charge is 2.15. The van der Waals surface area contributed by atoms with Crippen LogP contribution in [0.25, 0.3) is 0 Å². The van der Waals surface area contributed by atoms with Crippen molar-refractivity contribution in [2.45, 2.75) is 51.0 Å². The zero-order valence-corrected chi connectivity index (χ0v) is 15.5. The fraction of sp³-hybridized carbons (Fsp3) is 0.409. The molecule has 138 valence electrons. The van der Waals surface area contributed by atoms with E-state index in [-0.39, 0.29) is 12.0 Å². The standard InChI is InChI=1S/C22H29N3O/c1-16(26)14-19(17-8-3-2-4-9-17)15-24-22(23)25-21-13-7-11-18-10-5-6-12-20(18)21/h2-4,7-9,11,13,16,19,26H,5-6,10,12,14-15H2,1H3,(H3,23,24,25). The molecule has 0 amide bonds. The van der Waals surface area contributed by atoms with E-state index in [4.69, 9.17) is 5.73 Å². The fourth-order valence-electron chi connectivity index (χ4n) is 3.74. The van der Waals surface area contributed by atoms with Gasteiger partial charge in [-0.15, -0.1) is 0 Å². The molecule has 4 nitrogen and oxygen atoms in total. The van der Waals surface area contributed by atoms with E-state index in [0.29, 0.717) is 18.9 Å². The SMILES string of the molecule is CC(O)CC(CN=C(N)Nc1cccc2c1CCCC2)c1ccccc1. The third-order valence-electron chi connectivity index (χ3n) is 5.04. The van der Waals surface area contributed by atoms with Gasteiger partial charge in [-0.05, 0) is 61.8 Å². The van der Waals surface area contributed by atoms with Gasteiger partial charge in [-0.2, -0.15) is 0 Å². The van der Waals surface area contributed by atoms with Gasteiger partial charge in [0.1, 0.15) is 0 Å². The summed E-state index contributed by atoms with van der Waals surface area (Å²) in [7, 11) is 0. The number of guanidine groups is 1. The predicted molar refractivity (Wildman–Crippen MR) is 109 cm³/mol. The average Bonchev–Trinajstić information content (AvgIpc) is 2.66. The zero-order valence-electron chi connectivity index (χ0n) is 15.5. The first-order valence-electron chi connectivity index (χ1n) is 9.54. The molecule has 4 heteroatoms. The Morgan fingerprint density at radius 1 is 1.12 bits per heavy atom. The van der Waals surface area contributed by atoms with Gasteiger partial charge in [0, 0.05) is 18.2 Å². The average molecular weight is 351 g/mol. The Morgan fingerprint density at radius 3 is 2.65 bits per heavy atom. The first-order valence-corrected chi connectivity index (χ1v) is 9.54. The van der Waals surface area contributed by atoms with Crippen molar-refractivity contribution in [1.82, 2.24) is 0 Å². The van der Waals surface area contributed by atoms with Gasteiger partial charge >= 0.3 is 0 Å². The van der Waals surface area contributed by atoms with Gasteiger partial charge in [-0.3, -0.25) is 4.99 Å². The van der Waals surface area contributed by atoms with E-state index < -0.39 is 0 Å². The van der Waals surface area contributed by atoms with Crippen molar-refractivity contribution in [2.75, 3.05) is 11.9 Å². The lowest BCUT2D eigenvalue weighted by atomic mass is 9.90. The molecule has 0 fully saturated rings. The summed E-state index contributed by atoms with van der Waals surface area (Å²) >= 11 is 0. The van der Waals surface area contributed by atoms with Gasteiger partial charge < -0.3 is 16.2 Å². The molecule has 0 aliphatic heterocycles. The van der Waals surface area contributed by atoms with Crippen LogP contribution in [0.1, 0.15) is 48.8 Å². The summed E-state index contributed by atoms with van der Waals surface area (Å²) in [6.45, 7) is 2.38. The Kier molecular flexibility index (Phi) is 6.29. The van der Waals surface area contributed by atoms with Gasteiger partial charge in [-0.1, -0.05) is 42.5 Å². The number of fused-ring (bicyclic) bond motifs is 1. The molecule has 0 saturated carbocycles. The van der Waals surface area contributed by atoms with E-state index in [1.807, 2.05) is 25.1 Å². The highest BCUT2D eigenvalue weighted by molar-refractivity contribution is 5.93. The number of nitrogens with two attached hydrogens (primary N) is 1. The number of benzene rings is 2. The number of nitrogens with one attached hydrogen (secondary N) is 1. The fourth-order valence-corrected chi connectivity index (χ4v) is 3.74. The summed E-state index contributed by atoms with van der Waals surface area (Å²) in [5.41, 5.74) is 11.2. The Hall–Kier alpha value is -2.33. The normalized spacial score (nSPS) is 16.6. The van der Waals surface area contributed by atoms with Crippen LogP contribution in [0, 0.1) is 0 Å². The number of nitrogens with zero attached hydrogens (tertiary/aromatic N) is 1. The summed E-state index contributed by atoms with van der Waals surface area (Å²) in [5.74, 6) is 0.594. The van der Waals surface area contributed by atoms with Crippen LogP contribution < -0.4 is 11.1 Å². The number of hydrogen-bond donors (Lipinski definition) is 3. The summed E-state index contributed by atoms with van der Waals surface area (Å²) in [6.07, 6.45) is 5.03. The molecule has 0 bridgehead atoms. The number of rotatable bonds is 6. The molecule has 0 radical (unpaired) electrons. The lowest BCUT2D eigenvalue weighted by Crippen LogP contribution is -2.25. The van der Waals surface area contributed by atoms with Crippen LogP contribution >= 0.6 is 0 Å². The second-order valence-electron chi connectivity index (χ2n) is 7.19. The van der Waals surface area contributed by atoms with Gasteiger partial charge in [0.05, 0.1) is 6.10 Å². The molecule has 2 atom stereocenters. The van der Waals surface area contributed by atoms with Crippen LogP contribution in [0.5, 0.6) is 0 Å². The third-order valence-corrected chi connectivity index (χ3v) is 5.04. The first kappa shape index (κ1) is 18.5. The van der Waals surface area contributed by atoms with E-state index in [1.165, 1.54) is 29.5 Å². The van der Waals surface area contributed by atoms with Crippen LogP contribution in [-0.4, -0.2) is 23.7 Å². The second kappa shape index (κ2) is 8.86. The van der Waals surface area contributed by atoms with E-state index in [2.05, 4.69) is 40.6 Å². The number of aliphatic hydroxyl groups excluding tert-OH is 1. The molecule has 0 heterocycles. The molecular weight excluding hydrogens is 322 g/mol. The summed E-state index contributed by atoms with van der Waals surface area (Å²) in [5, 5.41) is 13.1. The summed E-state index contributed by atoms with van der Waals surface area (Å²) in [4.78, 5) is 4.57. The maximum absolute atomic E-state index is 9.82. The number of anilines is 1. The number of hydrogen-bond acceptors (Lipinski definition) is 2. The Labute approximate surface area is 156 Å². The first-order chi connectivity index (χ1) is 12.6. The van der Waals surface area contributed by atoms with E-state index in [9.17, 15) is 5.11 Å². The van der Waals surface area contributed by atoms with Crippen LogP contribution in [-0.2, 0) is 12.8 Å². The van der Waals surface area contributed by atoms with Crippen molar-refractivity contribution in [3.63, 3.8) is 0 Å².